The van der Waals surface area contributed by atoms with Crippen molar-refractivity contribution in [2.24, 2.45) is 0 Å². The van der Waals surface area contributed by atoms with Gasteiger partial charge in [-0.1, -0.05) is 24.3 Å². The molecular weight excluding hydrogens is 282 g/mol. The molecule has 2 aromatic carbocycles. The smallest absolute Gasteiger partial charge is 0.227 e. The highest BCUT2D eigenvalue weighted by Gasteiger charge is 2.10. The van der Waals surface area contributed by atoms with E-state index in [4.69, 9.17) is 4.74 Å². The first-order valence-corrected chi connectivity index (χ1v) is 7.18. The summed E-state index contributed by atoms with van der Waals surface area (Å²) in [7, 11) is 3.46. The van der Waals surface area contributed by atoms with Crippen LogP contribution < -0.4 is 4.74 Å². The molecule has 0 spiro atoms. The predicted octanol–water partition coefficient (Wildman–Crippen LogP) is 3.19. The largest absolute Gasteiger partial charge is 0.497 e. The molecule has 0 saturated heterocycles. The normalized spacial score (nSPS) is 10.2. The number of methoxy groups -OCH3 is 1. The first kappa shape index (κ1) is 15.4. The SMILES string of the molecule is COc1ccc(CN(C)C(=O)Cc2ccc(S)cc2)cc1. The van der Waals surface area contributed by atoms with Crippen LogP contribution in [0, 0.1) is 0 Å². The molecule has 0 saturated carbocycles. The van der Waals surface area contributed by atoms with E-state index in [0.717, 1.165) is 21.8 Å². The van der Waals surface area contributed by atoms with Gasteiger partial charge in [-0.05, 0) is 35.4 Å². The molecule has 0 atom stereocenters. The molecule has 0 aliphatic carbocycles. The van der Waals surface area contributed by atoms with Crippen molar-refractivity contribution in [1.82, 2.24) is 4.90 Å². The number of benzene rings is 2. The van der Waals surface area contributed by atoms with Gasteiger partial charge in [-0.15, -0.1) is 12.6 Å². The third kappa shape index (κ3) is 4.53. The van der Waals surface area contributed by atoms with E-state index in [2.05, 4.69) is 12.6 Å². The number of likely N-dealkylation sites (N-methyl/N-ethyl adjacent to an activating group) is 1. The molecule has 0 fully saturated rings. The Morgan fingerprint density at radius 3 is 2.19 bits per heavy atom. The Morgan fingerprint density at radius 1 is 1.05 bits per heavy atom. The summed E-state index contributed by atoms with van der Waals surface area (Å²) in [5.74, 6) is 0.914. The molecular formula is C17H19NO2S. The second-order valence-corrected chi connectivity index (χ2v) is 5.46. The molecule has 3 nitrogen and oxygen atoms in total. The van der Waals surface area contributed by atoms with Crippen LogP contribution in [0.2, 0.25) is 0 Å². The van der Waals surface area contributed by atoms with Crippen LogP contribution in [-0.4, -0.2) is 25.0 Å². The lowest BCUT2D eigenvalue weighted by molar-refractivity contribution is -0.129. The van der Waals surface area contributed by atoms with Crippen molar-refractivity contribution in [3.8, 4) is 5.75 Å². The third-order valence-electron chi connectivity index (χ3n) is 3.30. The lowest BCUT2D eigenvalue weighted by atomic mass is 10.1. The zero-order chi connectivity index (χ0) is 15.2. The van der Waals surface area contributed by atoms with Gasteiger partial charge in [0.2, 0.25) is 5.91 Å². The van der Waals surface area contributed by atoms with Gasteiger partial charge in [0.15, 0.2) is 0 Å². The standard InChI is InChI=1S/C17H19NO2S/c1-18(12-14-3-7-15(20-2)8-4-14)17(19)11-13-5-9-16(21)10-6-13/h3-10,21H,11-12H2,1-2H3. The lowest BCUT2D eigenvalue weighted by Crippen LogP contribution is -2.27. The summed E-state index contributed by atoms with van der Waals surface area (Å²) in [6, 6.07) is 15.4. The average molecular weight is 301 g/mol. The predicted molar refractivity (Wildman–Crippen MR) is 86.9 cm³/mol. The van der Waals surface area contributed by atoms with Crippen LogP contribution in [0.15, 0.2) is 53.4 Å². The highest BCUT2D eigenvalue weighted by molar-refractivity contribution is 7.80. The number of ether oxygens (including phenoxy) is 1. The monoisotopic (exact) mass is 301 g/mol. The van der Waals surface area contributed by atoms with Crippen LogP contribution >= 0.6 is 12.6 Å². The van der Waals surface area contributed by atoms with Gasteiger partial charge in [-0.25, -0.2) is 0 Å². The molecule has 2 aromatic rings. The summed E-state index contributed by atoms with van der Waals surface area (Å²) in [5.41, 5.74) is 2.08. The lowest BCUT2D eigenvalue weighted by Gasteiger charge is -2.17. The minimum atomic E-state index is 0.0951. The number of thiol groups is 1. The molecule has 0 aliphatic heterocycles. The maximum atomic E-state index is 12.2. The minimum Gasteiger partial charge on any atom is -0.497 e. The van der Waals surface area contributed by atoms with E-state index in [1.807, 2.05) is 55.6 Å². The number of amides is 1. The second-order valence-electron chi connectivity index (χ2n) is 4.94. The molecule has 0 unspecified atom stereocenters. The molecule has 1 amide bonds. The fourth-order valence-electron chi connectivity index (χ4n) is 2.02. The van der Waals surface area contributed by atoms with Crippen molar-refractivity contribution in [2.45, 2.75) is 17.9 Å². The van der Waals surface area contributed by atoms with Crippen molar-refractivity contribution in [1.29, 1.82) is 0 Å². The number of carbonyl (C=O) groups excluding carboxylic acids is 1. The van der Waals surface area contributed by atoms with E-state index in [1.54, 1.807) is 12.0 Å². The van der Waals surface area contributed by atoms with E-state index in [0.29, 0.717) is 13.0 Å². The van der Waals surface area contributed by atoms with Crippen molar-refractivity contribution in [3.05, 3.63) is 59.7 Å². The summed E-state index contributed by atoms with van der Waals surface area (Å²) in [5, 5.41) is 0. The Bertz CT molecular complexity index is 593. The Morgan fingerprint density at radius 2 is 1.62 bits per heavy atom. The highest BCUT2D eigenvalue weighted by Crippen LogP contribution is 2.14. The van der Waals surface area contributed by atoms with Crippen molar-refractivity contribution in [2.75, 3.05) is 14.2 Å². The Balaban J connectivity index is 1.93. The Kier molecular flexibility index (Phi) is 5.28. The third-order valence-corrected chi connectivity index (χ3v) is 3.59. The zero-order valence-corrected chi connectivity index (χ0v) is 13.1. The molecule has 0 N–H and O–H groups in total. The minimum absolute atomic E-state index is 0.0951. The maximum absolute atomic E-state index is 12.2. The first-order chi connectivity index (χ1) is 10.1. The van der Waals surface area contributed by atoms with Crippen molar-refractivity contribution < 1.29 is 9.53 Å². The maximum Gasteiger partial charge on any atom is 0.227 e. The summed E-state index contributed by atoms with van der Waals surface area (Å²) in [6.07, 6.45) is 0.403. The van der Waals surface area contributed by atoms with Gasteiger partial charge in [-0.3, -0.25) is 4.79 Å². The van der Waals surface area contributed by atoms with Crippen LogP contribution in [0.4, 0.5) is 0 Å². The fraction of sp³-hybridized carbons (Fsp3) is 0.235. The van der Waals surface area contributed by atoms with Crippen molar-refractivity contribution >= 4 is 18.5 Å². The van der Waals surface area contributed by atoms with Gasteiger partial charge in [0, 0.05) is 18.5 Å². The zero-order valence-electron chi connectivity index (χ0n) is 12.2. The van der Waals surface area contributed by atoms with Crippen LogP contribution in [0.1, 0.15) is 11.1 Å². The quantitative estimate of drug-likeness (QED) is 0.860. The Labute approximate surface area is 131 Å². The van der Waals surface area contributed by atoms with Gasteiger partial charge in [-0.2, -0.15) is 0 Å². The number of nitrogens with zero attached hydrogens (tertiary/aromatic N) is 1. The van der Waals surface area contributed by atoms with Crippen LogP contribution in [0.3, 0.4) is 0 Å². The summed E-state index contributed by atoms with van der Waals surface area (Å²) < 4.78 is 5.12. The molecule has 0 aliphatic rings. The van der Waals surface area contributed by atoms with E-state index in [9.17, 15) is 4.79 Å². The molecule has 110 valence electrons. The van der Waals surface area contributed by atoms with Gasteiger partial charge in [0.05, 0.1) is 13.5 Å². The number of carbonyl (C=O) groups is 1. The number of hydrogen-bond donors (Lipinski definition) is 1. The van der Waals surface area contributed by atoms with Gasteiger partial charge < -0.3 is 9.64 Å². The summed E-state index contributed by atoms with van der Waals surface area (Å²) in [6.45, 7) is 0.591. The molecule has 0 bridgehead atoms. The van der Waals surface area contributed by atoms with Gasteiger partial charge in [0.1, 0.15) is 5.75 Å². The van der Waals surface area contributed by atoms with E-state index < -0.39 is 0 Å². The first-order valence-electron chi connectivity index (χ1n) is 6.73. The Hall–Kier alpha value is -1.94. The van der Waals surface area contributed by atoms with Crippen LogP contribution in [0.5, 0.6) is 5.75 Å². The average Bonchev–Trinajstić information content (AvgIpc) is 2.50. The molecule has 0 radical (unpaired) electrons. The van der Waals surface area contributed by atoms with E-state index >= 15 is 0 Å². The summed E-state index contributed by atoms with van der Waals surface area (Å²) in [4.78, 5) is 14.8. The molecule has 0 heterocycles. The fourth-order valence-corrected chi connectivity index (χ4v) is 2.17. The number of rotatable bonds is 5. The van der Waals surface area contributed by atoms with Crippen LogP contribution in [0.25, 0.3) is 0 Å². The second kappa shape index (κ2) is 7.18. The molecule has 21 heavy (non-hydrogen) atoms. The highest BCUT2D eigenvalue weighted by atomic mass is 32.1. The molecule has 2 rings (SSSR count). The van der Waals surface area contributed by atoms with Crippen LogP contribution in [-0.2, 0) is 17.8 Å². The summed E-state index contributed by atoms with van der Waals surface area (Å²) >= 11 is 4.24. The topological polar surface area (TPSA) is 29.5 Å². The van der Waals surface area contributed by atoms with E-state index in [-0.39, 0.29) is 5.91 Å². The molecule has 4 heteroatoms. The van der Waals surface area contributed by atoms with E-state index in [1.165, 1.54) is 0 Å². The van der Waals surface area contributed by atoms with Crippen molar-refractivity contribution in [3.63, 3.8) is 0 Å². The number of hydrogen-bond acceptors (Lipinski definition) is 3. The molecule has 0 aromatic heterocycles. The van der Waals surface area contributed by atoms with Gasteiger partial charge in [0.25, 0.3) is 0 Å². The van der Waals surface area contributed by atoms with Gasteiger partial charge >= 0.3 is 0 Å².